The third-order valence-corrected chi connectivity index (χ3v) is 4.54. The fourth-order valence-corrected chi connectivity index (χ4v) is 3.50. The van der Waals surface area contributed by atoms with Crippen LogP contribution in [-0.4, -0.2) is 31.8 Å². The number of carbonyl (C=O) groups excluding carboxylic acids is 2. The molecule has 0 saturated heterocycles. The minimum absolute atomic E-state index is 0.0122. The van der Waals surface area contributed by atoms with Gasteiger partial charge in [0.1, 0.15) is 5.00 Å². The molecule has 1 aromatic heterocycles. The lowest BCUT2D eigenvalue weighted by Crippen LogP contribution is -2.28. The van der Waals surface area contributed by atoms with Crippen molar-refractivity contribution in [3.8, 4) is 0 Å². The molecule has 0 atom stereocenters. The van der Waals surface area contributed by atoms with Gasteiger partial charge < -0.3 is 16.0 Å². The molecule has 1 amide bonds. The average molecular weight is 311 g/mol. The van der Waals surface area contributed by atoms with Crippen LogP contribution in [0.25, 0.3) is 0 Å². The van der Waals surface area contributed by atoms with E-state index in [0.717, 1.165) is 30.9 Å². The van der Waals surface area contributed by atoms with Gasteiger partial charge >= 0.3 is 0 Å². The van der Waals surface area contributed by atoms with Gasteiger partial charge in [-0.25, -0.2) is 0 Å². The molecule has 0 unspecified atom stereocenters. The molecule has 5 nitrogen and oxygen atoms in total. The lowest BCUT2D eigenvalue weighted by atomic mass is 10.1. The van der Waals surface area contributed by atoms with Crippen LogP contribution in [0.5, 0.6) is 0 Å². The maximum Gasteiger partial charge on any atom is 0.256 e. The predicted octanol–water partition coefficient (Wildman–Crippen LogP) is 2.91. The van der Waals surface area contributed by atoms with Crippen LogP contribution in [0, 0.1) is 0 Å². The van der Waals surface area contributed by atoms with Gasteiger partial charge in [-0.3, -0.25) is 9.59 Å². The molecule has 0 aromatic carbocycles. The molecule has 0 radical (unpaired) electrons. The van der Waals surface area contributed by atoms with E-state index in [-0.39, 0.29) is 11.7 Å². The van der Waals surface area contributed by atoms with Crippen molar-refractivity contribution < 1.29 is 9.59 Å². The normalized spacial score (nSPS) is 10.5. The maximum atomic E-state index is 12.2. The fourth-order valence-electron chi connectivity index (χ4n) is 2.22. The Balaban J connectivity index is 3.39. The Labute approximate surface area is 130 Å². The molecule has 6 heteroatoms. The molecule has 1 aromatic rings. The van der Waals surface area contributed by atoms with E-state index in [1.165, 1.54) is 11.3 Å². The lowest BCUT2D eigenvalue weighted by Gasteiger charge is -2.23. The molecular formula is C15H25N3O2S. The van der Waals surface area contributed by atoms with Crippen LogP contribution < -0.4 is 16.0 Å². The number of ketones is 1. The number of Topliss-reactive ketones (excluding diaryl/α,β-unsaturated/α-hetero) is 1. The summed E-state index contributed by atoms with van der Waals surface area (Å²) in [7, 11) is 1.58. The number of anilines is 2. The highest BCUT2D eigenvalue weighted by atomic mass is 32.1. The lowest BCUT2D eigenvalue weighted by molar-refractivity contribution is 0.0964. The smallest absolute Gasteiger partial charge is 0.256 e. The summed E-state index contributed by atoms with van der Waals surface area (Å²) in [6, 6.07) is 0. The number of hydrogen-bond donors (Lipinski definition) is 2. The molecule has 0 fully saturated rings. The topological polar surface area (TPSA) is 75.4 Å². The van der Waals surface area contributed by atoms with E-state index in [1.54, 1.807) is 14.0 Å². The van der Waals surface area contributed by atoms with Gasteiger partial charge in [0.15, 0.2) is 5.78 Å². The number of amides is 1. The number of carbonyl (C=O) groups is 2. The molecule has 0 aliphatic rings. The zero-order chi connectivity index (χ0) is 16.0. The van der Waals surface area contributed by atoms with Crippen molar-refractivity contribution in [3.63, 3.8) is 0 Å². The van der Waals surface area contributed by atoms with Crippen molar-refractivity contribution in [2.24, 2.45) is 0 Å². The highest BCUT2D eigenvalue weighted by molar-refractivity contribution is 7.19. The zero-order valence-electron chi connectivity index (χ0n) is 13.3. The average Bonchev–Trinajstić information content (AvgIpc) is 2.83. The molecule has 0 bridgehead atoms. The molecule has 0 spiro atoms. The molecule has 3 N–H and O–H groups in total. The van der Waals surface area contributed by atoms with Crippen LogP contribution >= 0.6 is 11.3 Å². The van der Waals surface area contributed by atoms with Crippen molar-refractivity contribution in [3.05, 3.63) is 10.4 Å². The Morgan fingerprint density at radius 3 is 2.19 bits per heavy atom. The summed E-state index contributed by atoms with van der Waals surface area (Å²) in [5.41, 5.74) is 6.85. The van der Waals surface area contributed by atoms with Gasteiger partial charge in [-0.15, -0.1) is 11.3 Å². The van der Waals surface area contributed by atoms with Crippen LogP contribution in [0.15, 0.2) is 0 Å². The first-order chi connectivity index (χ1) is 10.0. The van der Waals surface area contributed by atoms with Crippen LogP contribution in [0.1, 0.15) is 60.1 Å². The molecule has 1 rings (SSSR count). The predicted molar refractivity (Wildman–Crippen MR) is 89.5 cm³/mol. The standard InChI is InChI=1S/C15H25N3O2S/c1-5-8-18(9-6-2)15-11(14(20)17-4)12(16)13(21-15)10(19)7-3/h5-9,16H2,1-4H3,(H,17,20). The SMILES string of the molecule is CCCN(CCC)c1sc(C(=O)CC)c(N)c1C(=O)NC. The van der Waals surface area contributed by atoms with Crippen molar-refractivity contribution in [2.45, 2.75) is 40.0 Å². The first-order valence-corrected chi connectivity index (χ1v) is 8.25. The summed E-state index contributed by atoms with van der Waals surface area (Å²) in [4.78, 5) is 26.9. The zero-order valence-corrected chi connectivity index (χ0v) is 14.1. The molecule has 0 aliphatic carbocycles. The van der Waals surface area contributed by atoms with Crippen molar-refractivity contribution in [2.75, 3.05) is 30.8 Å². The van der Waals surface area contributed by atoms with Gasteiger partial charge in [0.2, 0.25) is 0 Å². The van der Waals surface area contributed by atoms with Gasteiger partial charge in [-0.05, 0) is 12.8 Å². The highest BCUT2D eigenvalue weighted by Gasteiger charge is 2.26. The van der Waals surface area contributed by atoms with Crippen LogP contribution in [0.4, 0.5) is 10.7 Å². The summed E-state index contributed by atoms with van der Waals surface area (Å²) in [6.45, 7) is 7.68. The fraction of sp³-hybridized carbons (Fsp3) is 0.600. The summed E-state index contributed by atoms with van der Waals surface area (Å²) in [5, 5.41) is 3.43. The molecule has 21 heavy (non-hydrogen) atoms. The van der Waals surface area contributed by atoms with Crippen LogP contribution in [-0.2, 0) is 0 Å². The van der Waals surface area contributed by atoms with Gasteiger partial charge in [0.25, 0.3) is 5.91 Å². The van der Waals surface area contributed by atoms with E-state index in [4.69, 9.17) is 5.73 Å². The number of nitrogens with zero attached hydrogens (tertiary/aromatic N) is 1. The summed E-state index contributed by atoms with van der Waals surface area (Å²) in [5.74, 6) is -0.243. The Morgan fingerprint density at radius 2 is 1.76 bits per heavy atom. The molecular weight excluding hydrogens is 286 g/mol. The van der Waals surface area contributed by atoms with Crippen molar-refractivity contribution in [1.82, 2.24) is 5.32 Å². The minimum atomic E-state index is -0.230. The maximum absolute atomic E-state index is 12.2. The second-order valence-electron chi connectivity index (χ2n) is 4.87. The van der Waals surface area contributed by atoms with E-state index >= 15 is 0 Å². The molecule has 118 valence electrons. The first-order valence-electron chi connectivity index (χ1n) is 7.44. The van der Waals surface area contributed by atoms with Gasteiger partial charge in [-0.1, -0.05) is 20.8 Å². The second kappa shape index (κ2) is 8.02. The van der Waals surface area contributed by atoms with E-state index in [2.05, 4.69) is 24.1 Å². The van der Waals surface area contributed by atoms with Crippen molar-refractivity contribution >= 4 is 33.7 Å². The second-order valence-corrected chi connectivity index (χ2v) is 5.87. The molecule has 1 heterocycles. The van der Waals surface area contributed by atoms with E-state index in [1.807, 2.05) is 0 Å². The summed E-state index contributed by atoms with van der Waals surface area (Å²) < 4.78 is 0. The van der Waals surface area contributed by atoms with Crippen molar-refractivity contribution in [1.29, 1.82) is 0 Å². The van der Waals surface area contributed by atoms with Gasteiger partial charge in [0, 0.05) is 26.6 Å². The third-order valence-electron chi connectivity index (χ3n) is 3.23. The van der Waals surface area contributed by atoms with Gasteiger partial charge in [-0.2, -0.15) is 0 Å². The summed E-state index contributed by atoms with van der Waals surface area (Å²) >= 11 is 1.34. The minimum Gasteiger partial charge on any atom is -0.397 e. The molecule has 0 aliphatic heterocycles. The Hall–Kier alpha value is -1.56. The number of nitrogens with two attached hydrogens (primary N) is 1. The number of rotatable bonds is 8. The van der Waals surface area contributed by atoms with Crippen LogP contribution in [0.3, 0.4) is 0 Å². The van der Waals surface area contributed by atoms with E-state index in [9.17, 15) is 9.59 Å². The van der Waals surface area contributed by atoms with E-state index in [0.29, 0.717) is 22.5 Å². The first kappa shape index (κ1) is 17.5. The van der Waals surface area contributed by atoms with E-state index < -0.39 is 0 Å². The third kappa shape index (κ3) is 3.75. The highest BCUT2D eigenvalue weighted by Crippen LogP contribution is 2.39. The number of hydrogen-bond acceptors (Lipinski definition) is 5. The van der Waals surface area contributed by atoms with Gasteiger partial charge in [0.05, 0.1) is 16.1 Å². The number of nitrogen functional groups attached to an aromatic ring is 1. The monoisotopic (exact) mass is 311 g/mol. The molecule has 0 saturated carbocycles. The largest absolute Gasteiger partial charge is 0.397 e. The quantitative estimate of drug-likeness (QED) is 0.724. The number of nitrogens with one attached hydrogen (secondary N) is 1. The Kier molecular flexibility index (Phi) is 6.68. The Bertz CT molecular complexity index is 505. The van der Waals surface area contributed by atoms with Crippen LogP contribution in [0.2, 0.25) is 0 Å². The Morgan fingerprint density at radius 1 is 1.19 bits per heavy atom. The number of thiophene rings is 1. The summed E-state index contributed by atoms with van der Waals surface area (Å²) in [6.07, 6.45) is 2.34.